The molecule has 1 aliphatic carbocycles. The number of hydrogen-bond acceptors (Lipinski definition) is 5. The topological polar surface area (TPSA) is 113 Å². The second-order valence-electron chi connectivity index (χ2n) is 5.34. The molecule has 0 radical (unpaired) electrons. The first-order valence-corrected chi connectivity index (χ1v) is 7.10. The summed E-state index contributed by atoms with van der Waals surface area (Å²) in [5, 5.41) is 17.4. The van der Waals surface area contributed by atoms with Crippen molar-refractivity contribution in [2.75, 3.05) is 0 Å². The second-order valence-corrected chi connectivity index (χ2v) is 5.34. The standard InChI is InChI=1S/C15H15N5O3/c1-9(10-4-6-12(7-5-10)20(22)23)16-19-15(21)14-8-13(17-18-14)11-2-3-11/h4-8,11,16H,1-3H2,(H,17,18)(H,19,21). The largest absolute Gasteiger partial charge is 0.298 e. The normalized spacial score (nSPS) is 13.4. The van der Waals surface area contributed by atoms with Crippen LogP contribution < -0.4 is 10.9 Å². The van der Waals surface area contributed by atoms with Crippen LogP contribution in [0.15, 0.2) is 36.9 Å². The summed E-state index contributed by atoms with van der Waals surface area (Å²) in [6, 6.07) is 7.60. The van der Waals surface area contributed by atoms with E-state index < -0.39 is 4.92 Å². The zero-order valence-corrected chi connectivity index (χ0v) is 12.2. The van der Waals surface area contributed by atoms with Gasteiger partial charge in [0.15, 0.2) is 5.69 Å². The number of hydrogen-bond donors (Lipinski definition) is 3. The Hall–Kier alpha value is -3.16. The van der Waals surface area contributed by atoms with E-state index >= 15 is 0 Å². The van der Waals surface area contributed by atoms with Gasteiger partial charge >= 0.3 is 0 Å². The second kappa shape index (κ2) is 5.91. The summed E-state index contributed by atoms with van der Waals surface area (Å²) >= 11 is 0. The van der Waals surface area contributed by atoms with Crippen molar-refractivity contribution in [3.8, 4) is 0 Å². The lowest BCUT2D eigenvalue weighted by molar-refractivity contribution is -0.384. The molecule has 1 aromatic heterocycles. The highest BCUT2D eigenvalue weighted by molar-refractivity contribution is 5.92. The van der Waals surface area contributed by atoms with Crippen molar-refractivity contribution in [1.29, 1.82) is 0 Å². The lowest BCUT2D eigenvalue weighted by Crippen LogP contribution is -2.36. The Morgan fingerprint density at radius 1 is 1.30 bits per heavy atom. The van der Waals surface area contributed by atoms with Gasteiger partial charge in [0.25, 0.3) is 11.6 Å². The zero-order valence-electron chi connectivity index (χ0n) is 12.2. The molecule has 1 heterocycles. The van der Waals surface area contributed by atoms with Gasteiger partial charge in [-0.3, -0.25) is 30.9 Å². The van der Waals surface area contributed by atoms with Crippen LogP contribution in [0.25, 0.3) is 5.70 Å². The van der Waals surface area contributed by atoms with Crippen LogP contribution in [0.1, 0.15) is 40.5 Å². The van der Waals surface area contributed by atoms with Gasteiger partial charge in [-0.05, 0) is 36.6 Å². The molecular formula is C15H15N5O3. The Morgan fingerprint density at radius 3 is 2.61 bits per heavy atom. The van der Waals surface area contributed by atoms with Gasteiger partial charge in [-0.1, -0.05) is 6.58 Å². The lowest BCUT2D eigenvalue weighted by Gasteiger charge is -2.10. The Morgan fingerprint density at radius 2 is 2.00 bits per heavy atom. The number of benzene rings is 1. The first-order chi connectivity index (χ1) is 11.0. The third-order valence-electron chi connectivity index (χ3n) is 3.60. The summed E-state index contributed by atoms with van der Waals surface area (Å²) in [6.07, 6.45) is 2.25. The Labute approximate surface area is 131 Å². The van der Waals surface area contributed by atoms with Gasteiger partial charge in [-0.2, -0.15) is 5.10 Å². The van der Waals surface area contributed by atoms with Crippen LogP contribution in [0.3, 0.4) is 0 Å². The zero-order chi connectivity index (χ0) is 16.4. The van der Waals surface area contributed by atoms with Crippen molar-refractivity contribution in [2.24, 2.45) is 0 Å². The highest BCUT2D eigenvalue weighted by Crippen LogP contribution is 2.38. The van der Waals surface area contributed by atoms with Crippen LogP contribution in [0.2, 0.25) is 0 Å². The van der Waals surface area contributed by atoms with Crippen LogP contribution in [0.4, 0.5) is 5.69 Å². The molecule has 23 heavy (non-hydrogen) atoms. The van der Waals surface area contributed by atoms with Gasteiger partial charge in [-0.15, -0.1) is 0 Å². The van der Waals surface area contributed by atoms with E-state index in [1.54, 1.807) is 18.2 Å². The van der Waals surface area contributed by atoms with Gasteiger partial charge in [-0.25, -0.2) is 0 Å². The molecule has 1 aliphatic rings. The number of carbonyl (C=O) groups excluding carboxylic acids is 1. The molecular weight excluding hydrogens is 298 g/mol. The smallest absolute Gasteiger partial charge is 0.290 e. The first kappa shape index (κ1) is 14.8. The molecule has 1 amide bonds. The molecule has 3 N–H and O–H groups in total. The Balaban J connectivity index is 1.57. The highest BCUT2D eigenvalue weighted by atomic mass is 16.6. The van der Waals surface area contributed by atoms with Gasteiger partial charge in [0.05, 0.1) is 10.6 Å². The van der Waals surface area contributed by atoms with E-state index in [1.807, 2.05) is 0 Å². The van der Waals surface area contributed by atoms with Crippen LogP contribution in [-0.4, -0.2) is 21.0 Å². The molecule has 0 saturated heterocycles. The molecule has 2 aromatic rings. The van der Waals surface area contributed by atoms with Crippen LogP contribution in [0.5, 0.6) is 0 Å². The summed E-state index contributed by atoms with van der Waals surface area (Å²) in [4.78, 5) is 22.1. The summed E-state index contributed by atoms with van der Waals surface area (Å²) in [5.41, 5.74) is 7.52. The fraction of sp³-hybridized carbons (Fsp3) is 0.200. The molecule has 8 nitrogen and oxygen atoms in total. The van der Waals surface area contributed by atoms with E-state index in [9.17, 15) is 14.9 Å². The molecule has 0 spiro atoms. The Bertz CT molecular complexity index is 762. The molecule has 0 aliphatic heterocycles. The Kier molecular flexibility index (Phi) is 3.80. The molecule has 3 rings (SSSR count). The molecule has 1 saturated carbocycles. The number of aromatic amines is 1. The molecule has 0 unspecified atom stereocenters. The molecule has 1 aromatic carbocycles. The first-order valence-electron chi connectivity index (χ1n) is 7.10. The number of hydrazine groups is 1. The van der Waals surface area contributed by atoms with E-state index in [2.05, 4.69) is 27.6 Å². The molecule has 8 heteroatoms. The summed E-state index contributed by atoms with van der Waals surface area (Å²) in [6.45, 7) is 3.78. The predicted octanol–water partition coefficient (Wildman–Crippen LogP) is 2.10. The minimum Gasteiger partial charge on any atom is -0.298 e. The fourth-order valence-electron chi connectivity index (χ4n) is 2.11. The van der Waals surface area contributed by atoms with Crippen molar-refractivity contribution in [1.82, 2.24) is 21.0 Å². The minimum absolute atomic E-state index is 0.00489. The van der Waals surface area contributed by atoms with Crippen LogP contribution >= 0.6 is 0 Å². The van der Waals surface area contributed by atoms with Gasteiger partial charge in [0, 0.05) is 23.7 Å². The number of aromatic nitrogens is 2. The maximum Gasteiger partial charge on any atom is 0.290 e. The lowest BCUT2D eigenvalue weighted by atomic mass is 10.1. The number of non-ortho nitro benzene ring substituents is 1. The minimum atomic E-state index is -0.475. The van der Waals surface area contributed by atoms with E-state index in [4.69, 9.17) is 0 Å². The summed E-state index contributed by atoms with van der Waals surface area (Å²) in [7, 11) is 0. The molecule has 118 valence electrons. The number of rotatable bonds is 6. The average molecular weight is 313 g/mol. The molecule has 0 bridgehead atoms. The van der Waals surface area contributed by atoms with E-state index in [-0.39, 0.29) is 11.6 Å². The van der Waals surface area contributed by atoms with Crippen molar-refractivity contribution in [3.05, 3.63) is 64.0 Å². The van der Waals surface area contributed by atoms with Gasteiger partial charge in [0.2, 0.25) is 0 Å². The maximum absolute atomic E-state index is 12.0. The number of nitrogens with one attached hydrogen (secondary N) is 3. The van der Waals surface area contributed by atoms with Gasteiger partial charge < -0.3 is 0 Å². The van der Waals surface area contributed by atoms with Crippen molar-refractivity contribution in [3.63, 3.8) is 0 Å². The van der Waals surface area contributed by atoms with E-state index in [0.717, 1.165) is 18.5 Å². The van der Waals surface area contributed by atoms with Crippen molar-refractivity contribution >= 4 is 17.3 Å². The maximum atomic E-state index is 12.0. The van der Waals surface area contributed by atoms with E-state index in [0.29, 0.717) is 22.9 Å². The number of carbonyl (C=O) groups is 1. The average Bonchev–Trinajstić information content (AvgIpc) is 3.29. The van der Waals surface area contributed by atoms with Crippen molar-refractivity contribution < 1.29 is 9.72 Å². The van der Waals surface area contributed by atoms with Crippen LogP contribution in [0, 0.1) is 10.1 Å². The summed E-state index contributed by atoms with van der Waals surface area (Å²) < 4.78 is 0. The van der Waals surface area contributed by atoms with E-state index in [1.165, 1.54) is 12.1 Å². The third kappa shape index (κ3) is 3.37. The third-order valence-corrected chi connectivity index (χ3v) is 3.60. The number of nitrogens with zero attached hydrogens (tertiary/aromatic N) is 2. The van der Waals surface area contributed by atoms with Crippen LogP contribution in [-0.2, 0) is 0 Å². The van der Waals surface area contributed by atoms with Crippen molar-refractivity contribution in [2.45, 2.75) is 18.8 Å². The number of nitro benzene ring substituents is 1. The predicted molar refractivity (Wildman–Crippen MR) is 83.3 cm³/mol. The quantitative estimate of drug-likeness (QED) is 0.558. The van der Waals surface area contributed by atoms with Gasteiger partial charge in [0.1, 0.15) is 0 Å². The monoisotopic (exact) mass is 313 g/mol. The highest BCUT2D eigenvalue weighted by Gasteiger charge is 2.26. The summed E-state index contributed by atoms with van der Waals surface area (Å²) in [5.74, 6) is 0.114. The number of H-pyrrole nitrogens is 1. The fourth-order valence-corrected chi connectivity index (χ4v) is 2.11. The SMILES string of the molecule is C=C(NNC(=O)c1cc(C2CC2)[nH]n1)c1ccc([N+](=O)[O-])cc1. The molecule has 0 atom stereocenters. The molecule has 1 fully saturated rings. The number of amides is 1. The number of nitro groups is 1.